The normalized spacial score (nSPS) is 20.3. The standard InChI is InChI=1S/C14H18Cl2N2/c15-13-5-4-11(9-14(13)16)10-18-8-2-1-3-12(18)6-7-17/h1-2,4-5,9,12H,3,6-8,10,17H2. The largest absolute Gasteiger partial charge is 0.330 e. The summed E-state index contributed by atoms with van der Waals surface area (Å²) < 4.78 is 0. The lowest BCUT2D eigenvalue weighted by Crippen LogP contribution is -2.38. The number of nitrogens with two attached hydrogens (primary N) is 1. The smallest absolute Gasteiger partial charge is 0.0595 e. The monoisotopic (exact) mass is 284 g/mol. The van der Waals surface area contributed by atoms with Gasteiger partial charge in [-0.15, -0.1) is 0 Å². The highest BCUT2D eigenvalue weighted by atomic mass is 35.5. The minimum atomic E-state index is 0.537. The Labute approximate surface area is 118 Å². The average Bonchev–Trinajstić information content (AvgIpc) is 2.37. The summed E-state index contributed by atoms with van der Waals surface area (Å²) in [5.41, 5.74) is 6.87. The second-order valence-electron chi connectivity index (χ2n) is 4.62. The Kier molecular flexibility index (Phi) is 5.07. The topological polar surface area (TPSA) is 29.3 Å². The fraction of sp³-hybridized carbons (Fsp3) is 0.429. The van der Waals surface area contributed by atoms with Crippen LogP contribution in [0.1, 0.15) is 18.4 Å². The summed E-state index contributed by atoms with van der Waals surface area (Å²) in [7, 11) is 0. The minimum absolute atomic E-state index is 0.537. The van der Waals surface area contributed by atoms with Gasteiger partial charge in [-0.3, -0.25) is 4.90 Å². The van der Waals surface area contributed by atoms with Crippen molar-refractivity contribution in [1.29, 1.82) is 0 Å². The van der Waals surface area contributed by atoms with E-state index in [1.54, 1.807) is 0 Å². The van der Waals surface area contributed by atoms with Crippen LogP contribution in [0.3, 0.4) is 0 Å². The average molecular weight is 285 g/mol. The summed E-state index contributed by atoms with van der Waals surface area (Å²) in [5, 5.41) is 1.23. The zero-order chi connectivity index (χ0) is 13.0. The molecular formula is C14H18Cl2N2. The van der Waals surface area contributed by atoms with Gasteiger partial charge in [0, 0.05) is 19.1 Å². The molecule has 1 aliphatic heterocycles. The third kappa shape index (κ3) is 3.48. The predicted molar refractivity (Wildman–Crippen MR) is 78.1 cm³/mol. The molecule has 1 aromatic carbocycles. The van der Waals surface area contributed by atoms with Crippen molar-refractivity contribution in [3.05, 3.63) is 46.0 Å². The summed E-state index contributed by atoms with van der Waals surface area (Å²) in [6.07, 6.45) is 6.57. The SMILES string of the molecule is NCCC1CC=CCN1Cc1ccc(Cl)c(Cl)c1. The first-order valence-electron chi connectivity index (χ1n) is 6.23. The molecule has 0 saturated carbocycles. The molecule has 98 valence electrons. The Hall–Kier alpha value is -0.540. The van der Waals surface area contributed by atoms with Crippen LogP contribution in [0.25, 0.3) is 0 Å². The van der Waals surface area contributed by atoms with E-state index in [0.29, 0.717) is 16.1 Å². The molecule has 0 saturated heterocycles. The molecule has 0 aliphatic carbocycles. The Morgan fingerprint density at radius 2 is 2.06 bits per heavy atom. The number of hydrogen-bond donors (Lipinski definition) is 1. The predicted octanol–water partition coefficient (Wildman–Crippen LogP) is 3.47. The van der Waals surface area contributed by atoms with E-state index in [-0.39, 0.29) is 0 Å². The number of halogens is 2. The van der Waals surface area contributed by atoms with Crippen LogP contribution in [0.4, 0.5) is 0 Å². The van der Waals surface area contributed by atoms with Crippen LogP contribution in [0.5, 0.6) is 0 Å². The number of benzene rings is 1. The summed E-state index contributed by atoms with van der Waals surface area (Å²) in [6, 6.07) is 6.37. The molecule has 0 radical (unpaired) electrons. The van der Waals surface area contributed by atoms with Crippen LogP contribution in [-0.2, 0) is 6.54 Å². The highest BCUT2D eigenvalue weighted by Gasteiger charge is 2.18. The lowest BCUT2D eigenvalue weighted by Gasteiger charge is -2.32. The van der Waals surface area contributed by atoms with Gasteiger partial charge < -0.3 is 5.73 Å². The van der Waals surface area contributed by atoms with Gasteiger partial charge in [-0.05, 0) is 37.1 Å². The van der Waals surface area contributed by atoms with Crippen molar-refractivity contribution in [3.63, 3.8) is 0 Å². The van der Waals surface area contributed by atoms with E-state index in [0.717, 1.165) is 32.5 Å². The molecule has 0 amide bonds. The van der Waals surface area contributed by atoms with E-state index in [9.17, 15) is 0 Å². The van der Waals surface area contributed by atoms with Crippen LogP contribution in [0.2, 0.25) is 10.0 Å². The zero-order valence-corrected chi connectivity index (χ0v) is 11.8. The third-order valence-corrected chi connectivity index (χ3v) is 4.04. The van der Waals surface area contributed by atoms with Crippen LogP contribution < -0.4 is 5.73 Å². The van der Waals surface area contributed by atoms with Crippen molar-refractivity contribution in [1.82, 2.24) is 4.90 Å². The summed E-state index contributed by atoms with van der Waals surface area (Å²) in [6.45, 7) is 2.60. The van der Waals surface area contributed by atoms with Crippen LogP contribution >= 0.6 is 23.2 Å². The Bertz CT molecular complexity index is 432. The summed E-state index contributed by atoms with van der Waals surface area (Å²) in [4.78, 5) is 2.44. The lowest BCUT2D eigenvalue weighted by molar-refractivity contribution is 0.192. The third-order valence-electron chi connectivity index (χ3n) is 3.30. The molecular weight excluding hydrogens is 267 g/mol. The van der Waals surface area contributed by atoms with Crippen molar-refractivity contribution in [2.24, 2.45) is 5.73 Å². The van der Waals surface area contributed by atoms with E-state index in [2.05, 4.69) is 17.1 Å². The van der Waals surface area contributed by atoms with Gasteiger partial charge in [-0.25, -0.2) is 0 Å². The highest BCUT2D eigenvalue weighted by molar-refractivity contribution is 6.42. The molecule has 1 aromatic rings. The minimum Gasteiger partial charge on any atom is -0.330 e. The van der Waals surface area contributed by atoms with E-state index in [1.807, 2.05) is 18.2 Å². The Morgan fingerprint density at radius 3 is 2.78 bits per heavy atom. The molecule has 1 atom stereocenters. The molecule has 4 heteroatoms. The second-order valence-corrected chi connectivity index (χ2v) is 5.43. The van der Waals surface area contributed by atoms with Gasteiger partial charge in [0.1, 0.15) is 0 Å². The lowest BCUT2D eigenvalue weighted by atomic mass is 10.0. The number of hydrogen-bond acceptors (Lipinski definition) is 2. The molecule has 1 aliphatic rings. The van der Waals surface area contributed by atoms with E-state index >= 15 is 0 Å². The molecule has 2 nitrogen and oxygen atoms in total. The maximum Gasteiger partial charge on any atom is 0.0595 e. The molecule has 1 unspecified atom stereocenters. The van der Waals surface area contributed by atoms with Gasteiger partial charge in [0.25, 0.3) is 0 Å². The second kappa shape index (κ2) is 6.58. The van der Waals surface area contributed by atoms with Crippen LogP contribution in [-0.4, -0.2) is 24.0 Å². The first-order valence-corrected chi connectivity index (χ1v) is 6.99. The molecule has 2 rings (SSSR count). The first-order chi connectivity index (χ1) is 8.70. The van der Waals surface area contributed by atoms with Crippen molar-refractivity contribution < 1.29 is 0 Å². The van der Waals surface area contributed by atoms with E-state index in [4.69, 9.17) is 28.9 Å². The van der Waals surface area contributed by atoms with E-state index < -0.39 is 0 Å². The Morgan fingerprint density at radius 1 is 1.22 bits per heavy atom. The van der Waals surface area contributed by atoms with Gasteiger partial charge in [0.05, 0.1) is 10.0 Å². The number of nitrogens with zero attached hydrogens (tertiary/aromatic N) is 1. The summed E-state index contributed by atoms with van der Waals surface area (Å²) >= 11 is 12.0. The van der Waals surface area contributed by atoms with E-state index in [1.165, 1.54) is 5.56 Å². The zero-order valence-electron chi connectivity index (χ0n) is 10.3. The van der Waals surface area contributed by atoms with Gasteiger partial charge in [0.15, 0.2) is 0 Å². The first kappa shape index (κ1) is 13.9. The quantitative estimate of drug-likeness (QED) is 0.858. The molecule has 2 N–H and O–H groups in total. The molecule has 1 heterocycles. The molecule has 0 aromatic heterocycles. The Balaban J connectivity index is 2.06. The molecule has 0 fully saturated rings. The number of rotatable bonds is 4. The van der Waals surface area contributed by atoms with Gasteiger partial charge in [-0.2, -0.15) is 0 Å². The van der Waals surface area contributed by atoms with Crippen LogP contribution in [0, 0.1) is 0 Å². The van der Waals surface area contributed by atoms with Crippen molar-refractivity contribution in [2.45, 2.75) is 25.4 Å². The van der Waals surface area contributed by atoms with Crippen molar-refractivity contribution in [2.75, 3.05) is 13.1 Å². The van der Waals surface area contributed by atoms with Crippen molar-refractivity contribution in [3.8, 4) is 0 Å². The molecule has 0 bridgehead atoms. The fourth-order valence-corrected chi connectivity index (χ4v) is 2.64. The van der Waals surface area contributed by atoms with Gasteiger partial charge in [0.2, 0.25) is 0 Å². The highest BCUT2D eigenvalue weighted by Crippen LogP contribution is 2.24. The van der Waals surface area contributed by atoms with Gasteiger partial charge in [-0.1, -0.05) is 41.4 Å². The van der Waals surface area contributed by atoms with Crippen LogP contribution in [0.15, 0.2) is 30.4 Å². The van der Waals surface area contributed by atoms with Gasteiger partial charge >= 0.3 is 0 Å². The molecule has 0 spiro atoms. The van der Waals surface area contributed by atoms with Crippen molar-refractivity contribution >= 4 is 23.2 Å². The molecule has 18 heavy (non-hydrogen) atoms. The maximum absolute atomic E-state index is 6.04. The maximum atomic E-state index is 6.04. The summed E-state index contributed by atoms with van der Waals surface area (Å²) in [5.74, 6) is 0. The fourth-order valence-electron chi connectivity index (χ4n) is 2.32.